The number of rotatable bonds is 9. The van der Waals surface area contributed by atoms with Crippen LogP contribution in [0.4, 0.5) is 16.4 Å². The Morgan fingerprint density at radius 3 is 3.00 bits per heavy atom. The highest BCUT2D eigenvalue weighted by atomic mass is 16.6. The molecular formula is C27H29N7O5. The van der Waals surface area contributed by atoms with Crippen LogP contribution < -0.4 is 30.3 Å². The molecule has 0 radical (unpaired) electrons. The molecular weight excluding hydrogens is 502 g/mol. The van der Waals surface area contributed by atoms with Gasteiger partial charge in [0.25, 0.3) is 5.91 Å². The summed E-state index contributed by atoms with van der Waals surface area (Å²) >= 11 is 0. The van der Waals surface area contributed by atoms with Crippen LogP contribution in [0.5, 0.6) is 11.6 Å². The van der Waals surface area contributed by atoms with Gasteiger partial charge in [-0.05, 0) is 49.7 Å². The molecule has 0 saturated carbocycles. The molecule has 2 saturated heterocycles. The number of cyclic esters (lactones) is 1. The maximum Gasteiger partial charge on any atom is 0.415 e. The zero-order valence-corrected chi connectivity index (χ0v) is 21.3. The summed E-state index contributed by atoms with van der Waals surface area (Å²) in [4.78, 5) is 38.9. The Kier molecular flexibility index (Phi) is 7.19. The van der Waals surface area contributed by atoms with Gasteiger partial charge in [0, 0.05) is 30.9 Å². The lowest BCUT2D eigenvalue weighted by atomic mass is 10.1. The summed E-state index contributed by atoms with van der Waals surface area (Å²) in [5.41, 5.74) is 2.01. The summed E-state index contributed by atoms with van der Waals surface area (Å²) < 4.78 is 16.8. The van der Waals surface area contributed by atoms with Gasteiger partial charge < -0.3 is 30.2 Å². The number of ether oxygens (including phenoxy) is 3. The minimum absolute atomic E-state index is 0.0481. The predicted octanol–water partition coefficient (Wildman–Crippen LogP) is 2.12. The van der Waals surface area contributed by atoms with E-state index in [9.17, 15) is 9.59 Å². The number of carbonyl (C=O) groups excluding carboxylic acids is 2. The molecule has 3 aromatic rings. The molecule has 39 heavy (non-hydrogen) atoms. The van der Waals surface area contributed by atoms with Crippen LogP contribution in [0.2, 0.25) is 0 Å². The van der Waals surface area contributed by atoms with Crippen LogP contribution in [0.1, 0.15) is 18.4 Å². The van der Waals surface area contributed by atoms with E-state index in [-0.39, 0.29) is 24.7 Å². The van der Waals surface area contributed by atoms with E-state index in [2.05, 4.69) is 37.0 Å². The second-order valence-corrected chi connectivity index (χ2v) is 9.59. The summed E-state index contributed by atoms with van der Waals surface area (Å²) in [5, 5.41) is 9.37. The number of anilines is 2. The fourth-order valence-corrected chi connectivity index (χ4v) is 4.73. The molecule has 0 aliphatic carbocycles. The van der Waals surface area contributed by atoms with Crippen LogP contribution in [-0.2, 0) is 16.1 Å². The van der Waals surface area contributed by atoms with Gasteiger partial charge in [-0.1, -0.05) is 18.2 Å². The molecule has 202 valence electrons. The zero-order chi connectivity index (χ0) is 26.6. The highest BCUT2D eigenvalue weighted by Gasteiger charge is 2.33. The van der Waals surface area contributed by atoms with Crippen molar-refractivity contribution in [1.29, 1.82) is 0 Å². The van der Waals surface area contributed by atoms with Gasteiger partial charge >= 0.3 is 6.09 Å². The van der Waals surface area contributed by atoms with Crippen LogP contribution in [-0.4, -0.2) is 71.9 Å². The van der Waals surface area contributed by atoms with Gasteiger partial charge in [-0.15, -0.1) is 0 Å². The number of pyridine rings is 1. The van der Waals surface area contributed by atoms with Crippen molar-refractivity contribution in [2.45, 2.75) is 31.6 Å². The van der Waals surface area contributed by atoms with E-state index in [1.807, 2.05) is 18.2 Å². The predicted molar refractivity (Wildman–Crippen MR) is 142 cm³/mol. The Hall–Kier alpha value is -4.29. The number of nitrogens with zero attached hydrogens (tertiary/aromatic N) is 4. The SMILES string of the molecule is O=C1COc2ccc(N3CC(CCNCc4cccc(-c5nccc(OC6CCNC6)n5)c4)OC3=O)nc2N1. The van der Waals surface area contributed by atoms with Crippen molar-refractivity contribution < 1.29 is 23.8 Å². The minimum atomic E-state index is -0.460. The number of carbonyl (C=O) groups is 2. The third kappa shape index (κ3) is 5.91. The average molecular weight is 532 g/mol. The van der Waals surface area contributed by atoms with Gasteiger partial charge in [0.05, 0.1) is 6.54 Å². The van der Waals surface area contributed by atoms with Crippen LogP contribution in [0.25, 0.3) is 11.4 Å². The first-order chi connectivity index (χ1) is 19.1. The summed E-state index contributed by atoms with van der Waals surface area (Å²) in [5.74, 6) is 2.12. The normalized spacial score (nSPS) is 20.3. The molecule has 12 heteroatoms. The van der Waals surface area contributed by atoms with E-state index in [1.165, 1.54) is 4.90 Å². The van der Waals surface area contributed by atoms with Gasteiger partial charge in [-0.25, -0.2) is 14.8 Å². The lowest BCUT2D eigenvalue weighted by Crippen LogP contribution is -2.29. The van der Waals surface area contributed by atoms with Crippen molar-refractivity contribution in [1.82, 2.24) is 25.6 Å². The van der Waals surface area contributed by atoms with E-state index in [0.29, 0.717) is 55.1 Å². The van der Waals surface area contributed by atoms with E-state index < -0.39 is 6.09 Å². The van der Waals surface area contributed by atoms with Crippen molar-refractivity contribution in [2.24, 2.45) is 0 Å². The second-order valence-electron chi connectivity index (χ2n) is 9.59. The fraction of sp³-hybridized carbons (Fsp3) is 0.370. The lowest BCUT2D eigenvalue weighted by molar-refractivity contribution is -0.118. The monoisotopic (exact) mass is 531 g/mol. The number of hydrogen-bond acceptors (Lipinski definition) is 10. The Morgan fingerprint density at radius 2 is 2.10 bits per heavy atom. The second kappa shape index (κ2) is 11.2. The van der Waals surface area contributed by atoms with E-state index in [1.54, 1.807) is 24.4 Å². The van der Waals surface area contributed by atoms with Gasteiger partial charge in [0.15, 0.2) is 24.0 Å². The molecule has 2 fully saturated rings. The highest BCUT2D eigenvalue weighted by molar-refractivity contribution is 5.95. The third-order valence-corrected chi connectivity index (χ3v) is 6.70. The third-order valence-electron chi connectivity index (χ3n) is 6.70. The van der Waals surface area contributed by atoms with E-state index in [0.717, 1.165) is 30.6 Å². The fourth-order valence-electron chi connectivity index (χ4n) is 4.73. The number of hydrogen-bond donors (Lipinski definition) is 3. The molecule has 6 rings (SSSR count). The minimum Gasteiger partial charge on any atom is -0.480 e. The number of aromatic nitrogens is 3. The molecule has 0 spiro atoms. The molecule has 3 N–H and O–H groups in total. The molecule has 0 bridgehead atoms. The van der Waals surface area contributed by atoms with Gasteiger partial charge in [-0.3, -0.25) is 9.69 Å². The quantitative estimate of drug-likeness (QED) is 0.352. The van der Waals surface area contributed by atoms with E-state index in [4.69, 9.17) is 14.2 Å². The molecule has 1 aromatic carbocycles. The summed E-state index contributed by atoms with van der Waals surface area (Å²) in [6, 6.07) is 13.2. The molecule has 2 atom stereocenters. The molecule has 5 heterocycles. The zero-order valence-electron chi connectivity index (χ0n) is 21.3. The smallest absolute Gasteiger partial charge is 0.415 e. The number of amides is 2. The first kappa shape index (κ1) is 25.0. The molecule has 2 aromatic heterocycles. The van der Waals surface area contributed by atoms with Crippen molar-refractivity contribution in [3.63, 3.8) is 0 Å². The maximum absolute atomic E-state index is 12.5. The summed E-state index contributed by atoms with van der Waals surface area (Å²) in [6.07, 6.45) is 2.75. The standard InChI is InChI=1S/C27H29N7O5/c35-23-16-37-21-4-5-22(31-26(21)32-23)34-15-20(39-27(34)36)7-10-28-13-17-2-1-3-18(12-17)25-30-11-8-24(33-25)38-19-6-9-29-14-19/h1-5,8,11-12,19-20,28-29H,6-7,9-10,13-16H2,(H,31,32,35). The number of nitrogens with one attached hydrogen (secondary N) is 3. The van der Waals surface area contributed by atoms with Crippen LogP contribution >= 0.6 is 0 Å². The topological polar surface area (TPSA) is 140 Å². The van der Waals surface area contributed by atoms with Crippen LogP contribution in [0.3, 0.4) is 0 Å². The molecule has 12 nitrogen and oxygen atoms in total. The van der Waals surface area contributed by atoms with E-state index >= 15 is 0 Å². The lowest BCUT2D eigenvalue weighted by Gasteiger charge is -2.19. The molecule has 2 amide bonds. The van der Waals surface area contributed by atoms with Crippen LogP contribution in [0, 0.1) is 0 Å². The number of fused-ring (bicyclic) bond motifs is 1. The highest BCUT2D eigenvalue weighted by Crippen LogP contribution is 2.30. The first-order valence-corrected chi connectivity index (χ1v) is 13.0. The number of benzene rings is 1. The average Bonchev–Trinajstić information content (AvgIpc) is 3.60. The molecule has 3 aliphatic heterocycles. The van der Waals surface area contributed by atoms with Gasteiger partial charge in [0.2, 0.25) is 5.88 Å². The Labute approximate surface area is 225 Å². The first-order valence-electron chi connectivity index (χ1n) is 13.0. The Bertz CT molecular complexity index is 1360. The maximum atomic E-state index is 12.5. The van der Waals surface area contributed by atoms with Crippen molar-refractivity contribution in [3.8, 4) is 23.0 Å². The largest absolute Gasteiger partial charge is 0.480 e. The Morgan fingerprint density at radius 1 is 1.15 bits per heavy atom. The summed E-state index contributed by atoms with van der Waals surface area (Å²) in [7, 11) is 0. The van der Waals surface area contributed by atoms with Gasteiger partial charge in [-0.2, -0.15) is 4.98 Å². The van der Waals surface area contributed by atoms with Gasteiger partial charge in [0.1, 0.15) is 18.0 Å². The summed E-state index contributed by atoms with van der Waals surface area (Å²) in [6.45, 7) is 3.43. The molecule has 3 aliphatic rings. The van der Waals surface area contributed by atoms with Crippen molar-refractivity contribution in [2.75, 3.05) is 43.0 Å². The van der Waals surface area contributed by atoms with Crippen molar-refractivity contribution in [3.05, 3.63) is 54.2 Å². The molecule has 2 unspecified atom stereocenters. The Balaban J connectivity index is 1.000. The van der Waals surface area contributed by atoms with Crippen molar-refractivity contribution >= 4 is 23.6 Å². The van der Waals surface area contributed by atoms with Crippen LogP contribution in [0.15, 0.2) is 48.7 Å².